The van der Waals surface area contributed by atoms with Crippen molar-refractivity contribution in [1.29, 1.82) is 0 Å². The van der Waals surface area contributed by atoms with E-state index in [4.69, 9.17) is 5.11 Å². The molecule has 0 aliphatic heterocycles. The van der Waals surface area contributed by atoms with Crippen LogP contribution in [0.25, 0.3) is 0 Å². The molecule has 1 aromatic carbocycles. The molecule has 3 nitrogen and oxygen atoms in total. The highest BCUT2D eigenvalue weighted by molar-refractivity contribution is 5.79. The minimum absolute atomic E-state index is 0.0526. The van der Waals surface area contributed by atoms with E-state index in [0.29, 0.717) is 19.0 Å². The molecule has 1 saturated carbocycles. The molecule has 1 aromatic rings. The fourth-order valence-corrected chi connectivity index (χ4v) is 2.17. The number of aliphatic hydroxyl groups is 1. The summed E-state index contributed by atoms with van der Waals surface area (Å²) in [5, 5.41) is 9.00. The van der Waals surface area contributed by atoms with E-state index in [1.165, 1.54) is 5.56 Å². The Balaban J connectivity index is 1.95. The van der Waals surface area contributed by atoms with Gasteiger partial charge in [0, 0.05) is 12.6 Å². The summed E-state index contributed by atoms with van der Waals surface area (Å²) < 4.78 is 0. The Morgan fingerprint density at radius 1 is 1.28 bits per heavy atom. The standard InChI is InChI=1S/C15H21NO2/c1-2-12-3-5-13(6-4-12)11-15(18)16(9-10-17)14-7-8-14/h3-6,14,17H,2,7-11H2,1H3. The molecule has 2 rings (SSSR count). The van der Waals surface area contributed by atoms with Gasteiger partial charge in [0.15, 0.2) is 0 Å². The number of carbonyl (C=O) groups excluding carboxylic acids is 1. The average Bonchev–Trinajstić information content (AvgIpc) is 3.21. The second-order valence-electron chi connectivity index (χ2n) is 4.89. The van der Waals surface area contributed by atoms with Crippen LogP contribution in [-0.4, -0.2) is 35.1 Å². The van der Waals surface area contributed by atoms with Crippen LogP contribution >= 0.6 is 0 Å². The Morgan fingerprint density at radius 2 is 1.89 bits per heavy atom. The van der Waals surface area contributed by atoms with Crippen molar-refractivity contribution in [3.63, 3.8) is 0 Å². The third-order valence-electron chi connectivity index (χ3n) is 3.44. The lowest BCUT2D eigenvalue weighted by Gasteiger charge is -2.21. The predicted octanol–water partition coefficient (Wildman–Crippen LogP) is 1.77. The normalized spacial score (nSPS) is 14.6. The van der Waals surface area contributed by atoms with Gasteiger partial charge in [-0.15, -0.1) is 0 Å². The lowest BCUT2D eigenvalue weighted by molar-refractivity contribution is -0.131. The zero-order chi connectivity index (χ0) is 13.0. The Bertz CT molecular complexity index is 395. The average molecular weight is 247 g/mol. The Kier molecular flexibility index (Phi) is 4.37. The molecule has 3 heteroatoms. The molecule has 0 bridgehead atoms. The van der Waals surface area contributed by atoms with Crippen LogP contribution in [0.2, 0.25) is 0 Å². The summed E-state index contributed by atoms with van der Waals surface area (Å²) in [5.74, 6) is 0.135. The first kappa shape index (κ1) is 13.1. The smallest absolute Gasteiger partial charge is 0.227 e. The molecule has 0 heterocycles. The summed E-state index contributed by atoms with van der Waals surface area (Å²) in [4.78, 5) is 14.0. The second kappa shape index (κ2) is 6.01. The molecule has 0 saturated heterocycles. The van der Waals surface area contributed by atoms with Gasteiger partial charge >= 0.3 is 0 Å². The Labute approximate surface area is 108 Å². The third kappa shape index (κ3) is 3.33. The van der Waals surface area contributed by atoms with Crippen LogP contribution < -0.4 is 0 Å². The van der Waals surface area contributed by atoms with Crippen molar-refractivity contribution in [3.05, 3.63) is 35.4 Å². The maximum absolute atomic E-state index is 12.2. The monoisotopic (exact) mass is 247 g/mol. The molecular weight excluding hydrogens is 226 g/mol. The number of benzene rings is 1. The molecule has 1 amide bonds. The van der Waals surface area contributed by atoms with Crippen molar-refractivity contribution in [2.24, 2.45) is 0 Å². The summed E-state index contributed by atoms with van der Waals surface area (Å²) in [5.41, 5.74) is 2.35. The second-order valence-corrected chi connectivity index (χ2v) is 4.89. The van der Waals surface area contributed by atoms with E-state index in [-0.39, 0.29) is 12.5 Å². The van der Waals surface area contributed by atoms with E-state index in [9.17, 15) is 4.79 Å². The van der Waals surface area contributed by atoms with Crippen LogP contribution in [0.1, 0.15) is 30.9 Å². The first-order chi connectivity index (χ1) is 8.74. The molecule has 0 spiro atoms. The molecule has 98 valence electrons. The van der Waals surface area contributed by atoms with Gasteiger partial charge in [0.2, 0.25) is 5.91 Å². The van der Waals surface area contributed by atoms with Crippen molar-refractivity contribution in [3.8, 4) is 0 Å². The number of aryl methyl sites for hydroxylation is 1. The summed E-state index contributed by atoms with van der Waals surface area (Å²) in [6, 6.07) is 8.59. The number of nitrogens with zero attached hydrogens (tertiary/aromatic N) is 1. The summed E-state index contributed by atoms with van der Waals surface area (Å²) in [7, 11) is 0. The predicted molar refractivity (Wildman–Crippen MR) is 71.3 cm³/mol. The van der Waals surface area contributed by atoms with Gasteiger partial charge in [-0.05, 0) is 30.4 Å². The summed E-state index contributed by atoms with van der Waals surface area (Å²) in [6.45, 7) is 2.64. The van der Waals surface area contributed by atoms with Crippen molar-refractivity contribution in [2.45, 2.75) is 38.6 Å². The molecule has 18 heavy (non-hydrogen) atoms. The van der Waals surface area contributed by atoms with Crippen molar-refractivity contribution in [1.82, 2.24) is 4.90 Å². The van der Waals surface area contributed by atoms with E-state index < -0.39 is 0 Å². The SMILES string of the molecule is CCc1ccc(CC(=O)N(CCO)C2CC2)cc1. The molecular formula is C15H21NO2. The van der Waals surface area contributed by atoms with Crippen LogP contribution in [0, 0.1) is 0 Å². The highest BCUT2D eigenvalue weighted by atomic mass is 16.3. The molecule has 1 N–H and O–H groups in total. The van der Waals surface area contributed by atoms with Crippen molar-refractivity contribution >= 4 is 5.91 Å². The minimum Gasteiger partial charge on any atom is -0.395 e. The quantitative estimate of drug-likeness (QED) is 0.832. The first-order valence-electron chi connectivity index (χ1n) is 6.72. The fraction of sp³-hybridized carbons (Fsp3) is 0.533. The molecule has 0 atom stereocenters. The highest BCUT2D eigenvalue weighted by Gasteiger charge is 2.31. The number of aliphatic hydroxyl groups excluding tert-OH is 1. The fourth-order valence-electron chi connectivity index (χ4n) is 2.17. The van der Waals surface area contributed by atoms with Crippen LogP contribution in [0.15, 0.2) is 24.3 Å². The minimum atomic E-state index is 0.0526. The van der Waals surface area contributed by atoms with Crippen LogP contribution in [0.3, 0.4) is 0 Å². The van der Waals surface area contributed by atoms with Crippen LogP contribution in [0.5, 0.6) is 0 Å². The molecule has 1 aliphatic carbocycles. The zero-order valence-electron chi connectivity index (χ0n) is 10.9. The van der Waals surface area contributed by atoms with E-state index in [2.05, 4.69) is 19.1 Å². The Hall–Kier alpha value is -1.35. The van der Waals surface area contributed by atoms with Gasteiger partial charge in [-0.3, -0.25) is 4.79 Å². The number of hydrogen-bond acceptors (Lipinski definition) is 2. The Morgan fingerprint density at radius 3 is 2.39 bits per heavy atom. The number of carbonyl (C=O) groups is 1. The van der Waals surface area contributed by atoms with Crippen molar-refractivity contribution < 1.29 is 9.90 Å². The van der Waals surface area contributed by atoms with E-state index in [1.54, 1.807) is 0 Å². The maximum atomic E-state index is 12.2. The largest absolute Gasteiger partial charge is 0.395 e. The first-order valence-corrected chi connectivity index (χ1v) is 6.72. The van der Waals surface area contributed by atoms with Crippen LogP contribution in [-0.2, 0) is 17.6 Å². The molecule has 1 aliphatic rings. The molecule has 0 aromatic heterocycles. The van der Waals surface area contributed by atoms with Gasteiger partial charge in [0.05, 0.1) is 13.0 Å². The number of amides is 1. The number of hydrogen-bond donors (Lipinski definition) is 1. The van der Waals surface area contributed by atoms with Gasteiger partial charge in [-0.25, -0.2) is 0 Å². The molecule has 0 unspecified atom stereocenters. The lowest BCUT2D eigenvalue weighted by atomic mass is 10.1. The summed E-state index contributed by atoms with van der Waals surface area (Å²) in [6.07, 6.45) is 3.63. The molecule has 1 fully saturated rings. The van der Waals surface area contributed by atoms with Gasteiger partial charge in [0.1, 0.15) is 0 Å². The van der Waals surface area contributed by atoms with Gasteiger partial charge in [-0.1, -0.05) is 31.2 Å². The van der Waals surface area contributed by atoms with E-state index >= 15 is 0 Å². The van der Waals surface area contributed by atoms with Crippen LogP contribution in [0.4, 0.5) is 0 Å². The van der Waals surface area contributed by atoms with Crippen molar-refractivity contribution in [2.75, 3.05) is 13.2 Å². The van der Waals surface area contributed by atoms with E-state index in [1.807, 2.05) is 17.0 Å². The third-order valence-corrected chi connectivity index (χ3v) is 3.44. The lowest BCUT2D eigenvalue weighted by Crippen LogP contribution is -2.36. The van der Waals surface area contributed by atoms with Gasteiger partial charge in [0.25, 0.3) is 0 Å². The maximum Gasteiger partial charge on any atom is 0.227 e. The summed E-state index contributed by atoms with van der Waals surface area (Å²) >= 11 is 0. The van der Waals surface area contributed by atoms with Gasteiger partial charge < -0.3 is 10.0 Å². The highest BCUT2D eigenvalue weighted by Crippen LogP contribution is 2.27. The zero-order valence-corrected chi connectivity index (χ0v) is 10.9. The van der Waals surface area contributed by atoms with E-state index in [0.717, 1.165) is 24.8 Å². The molecule has 0 radical (unpaired) electrons. The number of rotatable bonds is 6. The topological polar surface area (TPSA) is 40.5 Å². The van der Waals surface area contributed by atoms with Gasteiger partial charge in [-0.2, -0.15) is 0 Å².